The number of hydrogen-bond acceptors (Lipinski definition) is 8. The summed E-state index contributed by atoms with van der Waals surface area (Å²) in [6, 6.07) is 2.24. The van der Waals surface area contributed by atoms with Crippen LogP contribution in [0.15, 0.2) is 34.2 Å². The molecule has 0 aliphatic carbocycles. The summed E-state index contributed by atoms with van der Waals surface area (Å²) in [5, 5.41) is 11.6. The Balaban J connectivity index is 2.17. The molecule has 1 aromatic carbocycles. The van der Waals surface area contributed by atoms with Gasteiger partial charge in [0, 0.05) is 12.3 Å². The molecule has 34 heavy (non-hydrogen) atoms. The second-order valence-corrected chi connectivity index (χ2v) is 12.8. The number of nitro benzene ring substituents is 1. The molecule has 3 aromatic rings. The van der Waals surface area contributed by atoms with Gasteiger partial charge >= 0.3 is 5.69 Å². The molecule has 2 N–H and O–H groups in total. The standard InChI is InChI=1S/C19H24N6O7SSi/c1-18(2,3)34-32-19(4,5)15-9-23(10-20-15)13-7-11-12(8-14(13)25(28)29)21-17(27)24(16(11)26)22-33(6,30)31/h7-10,22H,1-6H3,(H,21,27). The van der Waals surface area contributed by atoms with Gasteiger partial charge in [0.1, 0.15) is 5.69 Å². The molecule has 0 spiro atoms. The van der Waals surface area contributed by atoms with Gasteiger partial charge in [-0.3, -0.25) is 19.5 Å². The van der Waals surface area contributed by atoms with E-state index < -0.39 is 37.5 Å². The van der Waals surface area contributed by atoms with Crippen molar-refractivity contribution in [3.05, 3.63) is 61.3 Å². The molecule has 0 aliphatic heterocycles. The lowest BCUT2D eigenvalue weighted by molar-refractivity contribution is -0.384. The molecule has 13 nitrogen and oxygen atoms in total. The molecular weight excluding hydrogens is 484 g/mol. The van der Waals surface area contributed by atoms with E-state index in [0.29, 0.717) is 5.69 Å². The quantitative estimate of drug-likeness (QED) is 0.274. The number of sulfonamides is 1. The molecule has 3 rings (SSSR count). The molecule has 0 amide bonds. The molecule has 0 aliphatic rings. The average molecular weight is 509 g/mol. The lowest BCUT2D eigenvalue weighted by atomic mass is 10.1. The van der Waals surface area contributed by atoms with Gasteiger partial charge in [-0.15, -0.1) is 0 Å². The molecule has 2 radical (unpaired) electrons. The van der Waals surface area contributed by atoms with E-state index in [1.165, 1.54) is 17.0 Å². The number of nitrogens with zero attached hydrogens (tertiary/aromatic N) is 4. The number of rotatable bonds is 7. The third-order valence-electron chi connectivity index (χ3n) is 4.54. The fourth-order valence-corrected chi connectivity index (χ4v) is 4.10. The number of aromatic nitrogens is 4. The summed E-state index contributed by atoms with van der Waals surface area (Å²) >= 11 is 0. The smallest absolute Gasteiger partial charge is 0.348 e. The average Bonchev–Trinajstić information content (AvgIpc) is 3.19. The molecule has 0 atom stereocenters. The number of fused-ring (bicyclic) bond motifs is 1. The Kier molecular flexibility index (Phi) is 6.32. The maximum atomic E-state index is 12.8. The first-order valence-electron chi connectivity index (χ1n) is 9.94. The Morgan fingerprint density at radius 2 is 1.85 bits per heavy atom. The Bertz CT molecular complexity index is 1500. The highest BCUT2D eigenvalue weighted by Gasteiger charge is 2.29. The van der Waals surface area contributed by atoms with Gasteiger partial charge in [-0.1, -0.05) is 20.8 Å². The molecule has 15 heteroatoms. The van der Waals surface area contributed by atoms with E-state index in [2.05, 4.69) is 9.97 Å². The van der Waals surface area contributed by atoms with Crippen molar-refractivity contribution in [3.63, 3.8) is 0 Å². The Morgan fingerprint density at radius 1 is 1.21 bits per heavy atom. The number of nitro groups is 1. The van der Waals surface area contributed by atoms with Crippen LogP contribution in [0.2, 0.25) is 5.04 Å². The minimum Gasteiger partial charge on any atom is -0.406 e. The first-order valence-corrected chi connectivity index (χ1v) is 12.7. The third kappa shape index (κ3) is 5.43. The van der Waals surface area contributed by atoms with Crippen LogP contribution in [0.25, 0.3) is 16.6 Å². The maximum Gasteiger partial charge on any atom is 0.348 e. The summed E-state index contributed by atoms with van der Waals surface area (Å²) in [7, 11) is -3.77. The van der Waals surface area contributed by atoms with Crippen LogP contribution >= 0.6 is 0 Å². The Morgan fingerprint density at radius 3 is 2.41 bits per heavy atom. The van der Waals surface area contributed by atoms with Crippen LogP contribution in [0.5, 0.6) is 0 Å². The van der Waals surface area contributed by atoms with Gasteiger partial charge in [0.15, 0.2) is 0 Å². The van der Waals surface area contributed by atoms with Gasteiger partial charge in [0.2, 0.25) is 19.8 Å². The number of imidazole rings is 1. The van der Waals surface area contributed by atoms with E-state index in [4.69, 9.17) is 4.43 Å². The zero-order valence-electron chi connectivity index (χ0n) is 19.4. The number of benzene rings is 1. The zero-order chi connectivity index (χ0) is 25.6. The number of aromatic amines is 1. The van der Waals surface area contributed by atoms with Crippen LogP contribution in [0.1, 0.15) is 40.3 Å². The molecule has 2 heterocycles. The number of hydrogen-bond donors (Lipinski definition) is 2. The lowest BCUT2D eigenvalue weighted by Crippen LogP contribution is -2.43. The summed E-state index contributed by atoms with van der Waals surface area (Å²) < 4.78 is 30.8. The zero-order valence-corrected chi connectivity index (χ0v) is 21.2. The van der Waals surface area contributed by atoms with E-state index in [1.807, 2.05) is 39.4 Å². The molecule has 2 aromatic heterocycles. The van der Waals surface area contributed by atoms with Crippen molar-refractivity contribution in [2.24, 2.45) is 0 Å². The largest absolute Gasteiger partial charge is 0.406 e. The first-order chi connectivity index (χ1) is 15.5. The summed E-state index contributed by atoms with van der Waals surface area (Å²) in [5.41, 5.74) is -2.87. The number of nitrogens with one attached hydrogen (secondary N) is 2. The predicted octanol–water partition coefficient (Wildman–Crippen LogP) is 1.38. The maximum absolute atomic E-state index is 12.8. The second kappa shape index (κ2) is 8.48. The molecule has 0 fully saturated rings. The van der Waals surface area contributed by atoms with E-state index >= 15 is 0 Å². The van der Waals surface area contributed by atoms with E-state index in [-0.39, 0.29) is 36.1 Å². The van der Waals surface area contributed by atoms with Crippen molar-refractivity contribution in [2.45, 2.75) is 45.3 Å². The summed E-state index contributed by atoms with van der Waals surface area (Å²) in [4.78, 5) is 44.6. The van der Waals surface area contributed by atoms with Crippen LogP contribution in [0.3, 0.4) is 0 Å². The topological polar surface area (TPSA) is 171 Å². The second-order valence-electron chi connectivity index (χ2n) is 9.21. The predicted molar refractivity (Wildman–Crippen MR) is 126 cm³/mol. The lowest BCUT2D eigenvalue weighted by Gasteiger charge is -2.27. The van der Waals surface area contributed by atoms with E-state index in [0.717, 1.165) is 12.3 Å². The summed E-state index contributed by atoms with van der Waals surface area (Å²) in [6.45, 7) is 9.76. The van der Waals surface area contributed by atoms with Crippen molar-refractivity contribution >= 4 is 36.4 Å². The van der Waals surface area contributed by atoms with Gasteiger partial charge in [-0.05, 0) is 25.0 Å². The summed E-state index contributed by atoms with van der Waals surface area (Å²) in [6.07, 6.45) is 3.69. The van der Waals surface area contributed by atoms with Crippen LogP contribution < -0.4 is 16.1 Å². The van der Waals surface area contributed by atoms with Crippen molar-refractivity contribution in [1.82, 2.24) is 19.2 Å². The van der Waals surface area contributed by atoms with Gasteiger partial charge in [-0.25, -0.2) is 23.0 Å². The highest BCUT2D eigenvalue weighted by atomic mass is 32.2. The summed E-state index contributed by atoms with van der Waals surface area (Å²) in [5.74, 6) is 0. The Labute approximate surface area is 196 Å². The van der Waals surface area contributed by atoms with Gasteiger partial charge in [-0.2, -0.15) is 4.68 Å². The number of H-pyrrole nitrogens is 1. The molecule has 0 bridgehead atoms. The van der Waals surface area contributed by atoms with Crippen LogP contribution in [-0.4, -0.2) is 48.6 Å². The fraction of sp³-hybridized carbons (Fsp3) is 0.421. The van der Waals surface area contributed by atoms with Crippen molar-refractivity contribution in [2.75, 3.05) is 11.1 Å². The van der Waals surface area contributed by atoms with Crippen LogP contribution in [0.4, 0.5) is 5.69 Å². The van der Waals surface area contributed by atoms with Gasteiger partial charge < -0.3 is 9.41 Å². The highest BCUT2D eigenvalue weighted by molar-refractivity contribution is 7.91. The van der Waals surface area contributed by atoms with Crippen molar-refractivity contribution < 1.29 is 17.8 Å². The Hall–Kier alpha value is -3.30. The van der Waals surface area contributed by atoms with E-state index in [9.17, 15) is 28.1 Å². The highest BCUT2D eigenvalue weighted by Crippen LogP contribution is 2.31. The van der Waals surface area contributed by atoms with Crippen LogP contribution in [-0.2, 0) is 20.1 Å². The fourth-order valence-electron chi connectivity index (χ4n) is 2.94. The van der Waals surface area contributed by atoms with Crippen molar-refractivity contribution in [1.29, 1.82) is 0 Å². The normalized spacial score (nSPS) is 12.8. The van der Waals surface area contributed by atoms with Crippen molar-refractivity contribution in [3.8, 4) is 5.69 Å². The minimum atomic E-state index is -3.95. The van der Waals surface area contributed by atoms with E-state index in [1.54, 1.807) is 6.20 Å². The van der Waals surface area contributed by atoms with Crippen LogP contribution in [0, 0.1) is 10.1 Å². The van der Waals surface area contributed by atoms with Gasteiger partial charge in [0.25, 0.3) is 11.2 Å². The molecular formula is C19H24N6O7SSi. The molecule has 0 unspecified atom stereocenters. The monoisotopic (exact) mass is 508 g/mol. The minimum absolute atomic E-state index is 0.000347. The first kappa shape index (κ1) is 25.3. The molecule has 182 valence electrons. The SMILES string of the molecule is CC(C)(C)[Si]OC(C)(C)c1cn(-c2cc3c(=O)n(NS(C)(=O)=O)c(=O)[nH]c3cc2[N+](=O)[O-])cn1. The molecule has 0 saturated carbocycles. The van der Waals surface area contributed by atoms with Gasteiger partial charge in [0.05, 0.1) is 39.7 Å². The molecule has 0 saturated heterocycles. The third-order valence-corrected chi connectivity index (χ3v) is 6.28.